The average molecular weight is 256 g/mol. The Morgan fingerprint density at radius 3 is 2.84 bits per heavy atom. The molecule has 1 saturated heterocycles. The minimum absolute atomic E-state index is 0.171. The Balaban J connectivity index is 2.58. The Labute approximate surface area is 112 Å². The summed E-state index contributed by atoms with van der Waals surface area (Å²) >= 11 is 0. The minimum atomic E-state index is 0.171. The summed E-state index contributed by atoms with van der Waals surface area (Å²) < 4.78 is 0. The van der Waals surface area contributed by atoms with Gasteiger partial charge in [0.2, 0.25) is 0 Å². The standard InChI is InChI=1S/C14H16N4O/c1-16-13-9-17-5-4-12(13)14(11(8-15)10-19)18-6-2-3-7-18/h4-5,9-10,16H,2-3,6-7H2,1H3/b14-11+. The van der Waals surface area contributed by atoms with E-state index in [1.165, 1.54) is 0 Å². The van der Waals surface area contributed by atoms with Crippen molar-refractivity contribution in [1.29, 1.82) is 5.26 Å². The van der Waals surface area contributed by atoms with Crippen LogP contribution in [0.4, 0.5) is 5.69 Å². The van der Waals surface area contributed by atoms with Crippen molar-refractivity contribution in [3.63, 3.8) is 0 Å². The van der Waals surface area contributed by atoms with Gasteiger partial charge in [-0.2, -0.15) is 5.26 Å². The fourth-order valence-electron chi connectivity index (χ4n) is 2.36. The first-order valence-electron chi connectivity index (χ1n) is 6.28. The van der Waals surface area contributed by atoms with Crippen LogP contribution in [0.2, 0.25) is 0 Å². The Kier molecular flexibility index (Phi) is 4.14. The summed E-state index contributed by atoms with van der Waals surface area (Å²) in [7, 11) is 1.80. The van der Waals surface area contributed by atoms with Crippen molar-refractivity contribution < 1.29 is 4.79 Å². The molecule has 0 unspecified atom stereocenters. The molecule has 1 aliphatic heterocycles. The van der Waals surface area contributed by atoms with Gasteiger partial charge in [-0.3, -0.25) is 9.78 Å². The molecule has 0 spiro atoms. The van der Waals surface area contributed by atoms with Crippen LogP contribution in [0, 0.1) is 11.3 Å². The second-order valence-corrected chi connectivity index (χ2v) is 4.36. The van der Waals surface area contributed by atoms with Crippen LogP contribution in [-0.2, 0) is 4.79 Å². The molecule has 0 saturated carbocycles. The molecule has 0 amide bonds. The number of allylic oxidation sites excluding steroid dienone is 1. The van der Waals surface area contributed by atoms with Gasteiger partial charge in [0, 0.05) is 31.9 Å². The van der Waals surface area contributed by atoms with Gasteiger partial charge < -0.3 is 10.2 Å². The fourth-order valence-corrected chi connectivity index (χ4v) is 2.36. The van der Waals surface area contributed by atoms with E-state index in [0.717, 1.165) is 37.2 Å². The highest BCUT2D eigenvalue weighted by molar-refractivity contribution is 5.94. The second kappa shape index (κ2) is 6.01. The number of hydrogen-bond donors (Lipinski definition) is 1. The Morgan fingerprint density at radius 1 is 1.53 bits per heavy atom. The number of carbonyl (C=O) groups excluding carboxylic acids is 1. The molecule has 1 aliphatic rings. The van der Waals surface area contributed by atoms with Gasteiger partial charge in [0.25, 0.3) is 0 Å². The molecular weight excluding hydrogens is 240 g/mol. The van der Waals surface area contributed by atoms with Crippen LogP contribution in [0.25, 0.3) is 5.70 Å². The van der Waals surface area contributed by atoms with E-state index >= 15 is 0 Å². The van der Waals surface area contributed by atoms with Crippen LogP contribution >= 0.6 is 0 Å². The quantitative estimate of drug-likeness (QED) is 0.504. The molecule has 1 fully saturated rings. The van der Waals surface area contributed by atoms with Gasteiger partial charge >= 0.3 is 0 Å². The van der Waals surface area contributed by atoms with E-state index in [9.17, 15) is 10.1 Å². The summed E-state index contributed by atoms with van der Waals surface area (Å²) in [6.45, 7) is 1.75. The smallest absolute Gasteiger partial charge is 0.162 e. The van der Waals surface area contributed by atoms with Crippen LogP contribution in [0.1, 0.15) is 18.4 Å². The fraction of sp³-hybridized carbons (Fsp3) is 0.357. The maximum absolute atomic E-state index is 11.2. The second-order valence-electron chi connectivity index (χ2n) is 4.36. The number of rotatable bonds is 4. The summed E-state index contributed by atoms with van der Waals surface area (Å²) in [5.74, 6) is 0. The topological polar surface area (TPSA) is 69.0 Å². The van der Waals surface area contributed by atoms with Crippen molar-refractivity contribution in [3.8, 4) is 6.07 Å². The van der Waals surface area contributed by atoms with E-state index in [2.05, 4.69) is 15.2 Å². The zero-order valence-corrected chi connectivity index (χ0v) is 10.9. The Morgan fingerprint density at radius 2 is 2.26 bits per heavy atom. The molecule has 1 N–H and O–H groups in total. The molecule has 1 aromatic heterocycles. The SMILES string of the molecule is CNc1cnccc1/C(=C(/C#N)C=O)N1CCCC1. The Bertz CT molecular complexity index is 539. The summed E-state index contributed by atoms with van der Waals surface area (Å²) in [5.41, 5.74) is 2.55. The number of aromatic nitrogens is 1. The number of nitrogens with zero attached hydrogens (tertiary/aromatic N) is 3. The normalized spacial score (nSPS) is 15.7. The molecule has 0 aromatic carbocycles. The number of nitrogens with one attached hydrogen (secondary N) is 1. The van der Waals surface area contributed by atoms with E-state index in [-0.39, 0.29) is 5.57 Å². The van der Waals surface area contributed by atoms with Crippen molar-refractivity contribution in [3.05, 3.63) is 29.6 Å². The maximum atomic E-state index is 11.2. The summed E-state index contributed by atoms with van der Waals surface area (Å²) in [4.78, 5) is 17.3. The van der Waals surface area contributed by atoms with E-state index < -0.39 is 0 Å². The lowest BCUT2D eigenvalue weighted by Gasteiger charge is -2.23. The maximum Gasteiger partial charge on any atom is 0.162 e. The Hall–Kier alpha value is -2.35. The molecular formula is C14H16N4O. The average Bonchev–Trinajstić information content (AvgIpc) is 2.98. The van der Waals surface area contributed by atoms with Crippen LogP contribution in [0.15, 0.2) is 24.0 Å². The lowest BCUT2D eigenvalue weighted by molar-refractivity contribution is -0.104. The van der Waals surface area contributed by atoms with Crippen molar-refractivity contribution in [2.24, 2.45) is 0 Å². The van der Waals surface area contributed by atoms with Crippen LogP contribution in [0.3, 0.4) is 0 Å². The molecule has 2 heterocycles. The first kappa shape index (κ1) is 13.1. The summed E-state index contributed by atoms with van der Waals surface area (Å²) in [6, 6.07) is 3.83. The molecule has 0 aliphatic carbocycles. The van der Waals surface area contributed by atoms with Crippen LogP contribution < -0.4 is 5.32 Å². The van der Waals surface area contributed by atoms with Crippen molar-refractivity contribution in [1.82, 2.24) is 9.88 Å². The van der Waals surface area contributed by atoms with Crippen LogP contribution in [0.5, 0.6) is 0 Å². The first-order chi connectivity index (χ1) is 9.31. The monoisotopic (exact) mass is 256 g/mol. The predicted octanol–water partition coefficient (Wildman–Crippen LogP) is 1.65. The van der Waals surface area contributed by atoms with E-state index in [1.54, 1.807) is 19.4 Å². The van der Waals surface area contributed by atoms with Gasteiger partial charge in [-0.05, 0) is 18.9 Å². The number of pyridine rings is 1. The number of aldehydes is 1. The number of likely N-dealkylation sites (tertiary alicyclic amines) is 1. The van der Waals surface area contributed by atoms with E-state index in [1.807, 2.05) is 12.1 Å². The van der Waals surface area contributed by atoms with Gasteiger partial charge in [0.1, 0.15) is 11.6 Å². The number of anilines is 1. The highest BCUT2D eigenvalue weighted by Gasteiger charge is 2.22. The zero-order chi connectivity index (χ0) is 13.7. The highest BCUT2D eigenvalue weighted by Crippen LogP contribution is 2.30. The molecule has 5 heteroatoms. The van der Waals surface area contributed by atoms with Crippen molar-refractivity contribution >= 4 is 17.7 Å². The highest BCUT2D eigenvalue weighted by atomic mass is 16.1. The van der Waals surface area contributed by atoms with Gasteiger partial charge in [-0.25, -0.2) is 0 Å². The van der Waals surface area contributed by atoms with Crippen molar-refractivity contribution in [2.45, 2.75) is 12.8 Å². The molecule has 0 atom stereocenters. The zero-order valence-electron chi connectivity index (χ0n) is 10.9. The molecule has 5 nitrogen and oxygen atoms in total. The number of carbonyl (C=O) groups is 1. The summed E-state index contributed by atoms with van der Waals surface area (Å²) in [5, 5.41) is 12.2. The predicted molar refractivity (Wildman–Crippen MR) is 73.2 cm³/mol. The third kappa shape index (κ3) is 2.58. The molecule has 2 rings (SSSR count). The van der Waals surface area contributed by atoms with Crippen LogP contribution in [-0.4, -0.2) is 36.3 Å². The van der Waals surface area contributed by atoms with E-state index in [4.69, 9.17) is 0 Å². The van der Waals surface area contributed by atoms with Gasteiger partial charge in [0.05, 0.1) is 17.6 Å². The van der Waals surface area contributed by atoms with Crippen molar-refractivity contribution in [2.75, 3.05) is 25.5 Å². The molecule has 0 bridgehead atoms. The minimum Gasteiger partial charge on any atom is -0.386 e. The molecule has 1 aromatic rings. The number of hydrogen-bond acceptors (Lipinski definition) is 5. The summed E-state index contributed by atoms with van der Waals surface area (Å²) in [6.07, 6.45) is 6.17. The number of nitriles is 1. The largest absolute Gasteiger partial charge is 0.386 e. The lowest BCUT2D eigenvalue weighted by Crippen LogP contribution is -2.20. The molecule has 19 heavy (non-hydrogen) atoms. The first-order valence-corrected chi connectivity index (χ1v) is 6.28. The van der Waals surface area contributed by atoms with E-state index in [0.29, 0.717) is 12.0 Å². The third-order valence-corrected chi connectivity index (χ3v) is 3.26. The lowest BCUT2D eigenvalue weighted by atomic mass is 10.1. The van der Waals surface area contributed by atoms with Gasteiger partial charge in [-0.15, -0.1) is 0 Å². The van der Waals surface area contributed by atoms with Gasteiger partial charge in [0.15, 0.2) is 6.29 Å². The molecule has 98 valence electrons. The molecule has 0 radical (unpaired) electrons. The van der Waals surface area contributed by atoms with Gasteiger partial charge in [-0.1, -0.05) is 0 Å². The third-order valence-electron chi connectivity index (χ3n) is 3.26.